The fourth-order valence-corrected chi connectivity index (χ4v) is 4.00. The van der Waals surface area contributed by atoms with E-state index in [2.05, 4.69) is 4.89 Å². The average Bonchev–Trinajstić information content (AvgIpc) is 1.81. The Morgan fingerprint density at radius 3 is 2.46 bits per heavy atom. The van der Waals surface area contributed by atoms with Crippen molar-refractivity contribution in [2.75, 3.05) is 12.3 Å². The second-order valence-electron chi connectivity index (χ2n) is 1.94. The highest BCUT2D eigenvalue weighted by molar-refractivity contribution is 7.72. The maximum absolute atomic E-state index is 10.7. The molecule has 5 N–H and O–H groups in total. The zero-order valence-corrected chi connectivity index (χ0v) is 8.95. The Kier molecular flexibility index (Phi) is 6.33. The van der Waals surface area contributed by atoms with Crippen LogP contribution in [0.25, 0.3) is 0 Å². The maximum Gasteiger partial charge on any atom is 0.469 e. The molecule has 2 unspecified atom stereocenters. The van der Waals surface area contributed by atoms with E-state index in [4.69, 9.17) is 19.9 Å². The summed E-state index contributed by atoms with van der Waals surface area (Å²) in [6.45, 7) is 0. The molecule has 0 aliphatic rings. The quantitative estimate of drug-likeness (QED) is 0.257. The summed E-state index contributed by atoms with van der Waals surface area (Å²) >= 11 is 0. The normalized spacial score (nSPS) is 15.5. The molecular weight excluding hydrogens is 243 g/mol. The first-order chi connectivity index (χ1) is 5.85. The third-order valence-electron chi connectivity index (χ3n) is 0.720. The van der Waals surface area contributed by atoms with E-state index in [0.29, 0.717) is 0 Å². The van der Waals surface area contributed by atoms with E-state index in [0.717, 1.165) is 0 Å². The molecule has 11 heteroatoms. The summed E-state index contributed by atoms with van der Waals surface area (Å²) in [5.74, 6) is -0.783. The van der Waals surface area contributed by atoms with Gasteiger partial charge < -0.3 is 14.7 Å². The predicted molar refractivity (Wildman–Crippen MR) is 45.4 cm³/mol. The van der Waals surface area contributed by atoms with Crippen LogP contribution in [0.4, 0.5) is 0 Å². The molecule has 0 heterocycles. The van der Waals surface area contributed by atoms with E-state index in [9.17, 15) is 9.13 Å². The molecule has 0 saturated heterocycles. The number of hydrogen-bond acceptors (Lipinski definition) is 5. The lowest BCUT2D eigenvalue weighted by Crippen LogP contribution is -2.01. The van der Waals surface area contributed by atoms with E-state index >= 15 is 0 Å². The second kappa shape index (κ2) is 6.09. The third-order valence-corrected chi connectivity index (χ3v) is 5.43. The fraction of sp³-hybridized carbons (Fsp3) is 1.00. The van der Waals surface area contributed by atoms with Gasteiger partial charge in [-0.05, 0) is 4.57 Å². The summed E-state index contributed by atoms with van der Waals surface area (Å²) < 4.78 is 21.0. The summed E-state index contributed by atoms with van der Waals surface area (Å²) in [6, 6.07) is 0. The van der Waals surface area contributed by atoms with Crippen molar-refractivity contribution in [2.24, 2.45) is 0 Å². The highest BCUT2D eigenvalue weighted by Gasteiger charge is 2.27. The van der Waals surface area contributed by atoms with Crippen LogP contribution in [-0.2, 0) is 14.0 Å². The molecular formula is C2H9NO7P3+. The molecule has 0 aromatic carbocycles. The first kappa shape index (κ1) is 13.5. The fourth-order valence-electron chi connectivity index (χ4n) is 0.416. The lowest BCUT2D eigenvalue weighted by Gasteiger charge is -2.05. The Morgan fingerprint density at radius 1 is 1.54 bits per heavy atom. The van der Waals surface area contributed by atoms with Crippen molar-refractivity contribution in [1.82, 2.24) is 4.86 Å². The van der Waals surface area contributed by atoms with Crippen LogP contribution in [0.15, 0.2) is 0 Å². The van der Waals surface area contributed by atoms with Crippen molar-refractivity contribution in [3.63, 3.8) is 0 Å². The van der Waals surface area contributed by atoms with Gasteiger partial charge in [0.15, 0.2) is 8.30 Å². The predicted octanol–water partition coefficient (Wildman–Crippen LogP) is 0.205. The average molecular weight is 252 g/mol. The first-order valence-corrected chi connectivity index (χ1v) is 7.55. The Bertz CT molecular complexity index is 214. The SMILES string of the molecule is O=[P+](COO)NP(O)CP(=O)(O)O. The van der Waals surface area contributed by atoms with Crippen LogP contribution in [0.3, 0.4) is 0 Å². The molecule has 0 bridgehead atoms. The van der Waals surface area contributed by atoms with E-state index in [-0.39, 0.29) is 0 Å². The molecule has 0 saturated carbocycles. The minimum absolute atomic E-state index is 0.546. The van der Waals surface area contributed by atoms with Gasteiger partial charge in [-0.3, -0.25) is 4.57 Å². The number of hydrogen-bond donors (Lipinski definition) is 5. The van der Waals surface area contributed by atoms with Crippen molar-refractivity contribution in [3.05, 3.63) is 0 Å². The standard InChI is InChI=1S/C2H8NO7P3/c4-10-1-11(5)3-12(6)2-13(7,8)9/h1-2H2,(H4-,3,4,5,6,7,8,9)/p+1. The number of rotatable bonds is 6. The van der Waals surface area contributed by atoms with Gasteiger partial charge in [-0.15, -0.1) is 0 Å². The molecule has 0 rings (SSSR count). The minimum atomic E-state index is -4.31. The van der Waals surface area contributed by atoms with E-state index in [1.165, 1.54) is 0 Å². The van der Waals surface area contributed by atoms with Crippen molar-refractivity contribution in [2.45, 2.75) is 0 Å². The molecule has 0 aliphatic carbocycles. The molecule has 13 heavy (non-hydrogen) atoms. The van der Waals surface area contributed by atoms with Crippen LogP contribution < -0.4 is 4.86 Å². The Balaban J connectivity index is 3.81. The summed E-state index contributed by atoms with van der Waals surface area (Å²) in [6.07, 6.45) is -0.546. The Hall–Kier alpha value is 0.520. The van der Waals surface area contributed by atoms with Crippen LogP contribution >= 0.6 is 23.8 Å². The topological polar surface area (TPSA) is 136 Å². The highest BCUT2D eigenvalue weighted by atomic mass is 31.2. The van der Waals surface area contributed by atoms with E-state index in [1.807, 2.05) is 4.86 Å². The summed E-state index contributed by atoms with van der Waals surface area (Å²) in [5.41, 5.74) is 0. The van der Waals surface area contributed by atoms with Gasteiger partial charge in [-0.25, -0.2) is 5.26 Å². The first-order valence-electron chi connectivity index (χ1n) is 2.83. The molecule has 0 amide bonds. The van der Waals surface area contributed by atoms with Gasteiger partial charge in [0.25, 0.3) is 6.35 Å². The van der Waals surface area contributed by atoms with E-state index in [1.54, 1.807) is 0 Å². The molecule has 0 aliphatic heterocycles. The van der Waals surface area contributed by atoms with Gasteiger partial charge in [0.05, 0.1) is 0 Å². The van der Waals surface area contributed by atoms with Crippen molar-refractivity contribution in [3.8, 4) is 0 Å². The van der Waals surface area contributed by atoms with Crippen molar-refractivity contribution >= 4 is 23.8 Å². The van der Waals surface area contributed by atoms with Crippen molar-refractivity contribution in [1.29, 1.82) is 0 Å². The zero-order chi connectivity index (χ0) is 10.5. The molecule has 0 radical (unpaired) electrons. The van der Waals surface area contributed by atoms with Crippen molar-refractivity contribution < 1.29 is 34.0 Å². The maximum atomic E-state index is 10.7. The minimum Gasteiger partial charge on any atom is -0.356 e. The molecule has 0 fully saturated rings. The summed E-state index contributed by atoms with van der Waals surface area (Å²) in [5, 5.41) is 7.83. The largest absolute Gasteiger partial charge is 0.469 e. The lowest BCUT2D eigenvalue weighted by atomic mass is 11.7. The summed E-state index contributed by atoms with van der Waals surface area (Å²) in [7, 11) is -8.73. The smallest absolute Gasteiger partial charge is 0.356 e. The molecule has 0 spiro atoms. The molecule has 2 atom stereocenters. The van der Waals surface area contributed by atoms with Gasteiger partial charge in [0, 0.05) is 0 Å². The Labute approximate surface area is 75.7 Å². The summed E-state index contributed by atoms with van der Waals surface area (Å²) in [4.78, 5) is 31.2. The van der Waals surface area contributed by atoms with Gasteiger partial charge in [0.2, 0.25) is 0 Å². The molecule has 8 nitrogen and oxygen atoms in total. The van der Waals surface area contributed by atoms with Crippen LogP contribution in [-0.4, -0.2) is 32.2 Å². The molecule has 0 aromatic heterocycles. The monoisotopic (exact) mass is 252 g/mol. The van der Waals surface area contributed by atoms with Crippen LogP contribution in [0.5, 0.6) is 0 Å². The van der Waals surface area contributed by atoms with Gasteiger partial charge in [-0.1, -0.05) is 4.86 Å². The lowest BCUT2D eigenvalue weighted by molar-refractivity contribution is -0.224. The van der Waals surface area contributed by atoms with Gasteiger partial charge in [0.1, 0.15) is 5.90 Å². The third kappa shape index (κ3) is 8.84. The highest BCUT2D eigenvalue weighted by Crippen LogP contribution is 2.48. The van der Waals surface area contributed by atoms with Gasteiger partial charge >= 0.3 is 15.5 Å². The van der Waals surface area contributed by atoms with Crippen LogP contribution in [0.2, 0.25) is 0 Å². The van der Waals surface area contributed by atoms with Crippen LogP contribution in [0, 0.1) is 0 Å². The molecule has 0 aromatic rings. The van der Waals surface area contributed by atoms with Crippen LogP contribution in [0.1, 0.15) is 0 Å². The number of nitrogens with one attached hydrogen (secondary N) is 1. The molecule has 78 valence electrons. The second-order valence-corrected chi connectivity index (χ2v) is 7.02. The van der Waals surface area contributed by atoms with E-state index < -0.39 is 36.1 Å². The Morgan fingerprint density at radius 2 is 2.08 bits per heavy atom. The zero-order valence-electron chi connectivity index (χ0n) is 6.27. The van der Waals surface area contributed by atoms with Gasteiger partial charge in [-0.2, -0.15) is 4.89 Å².